The molecule has 1 saturated heterocycles. The summed E-state index contributed by atoms with van der Waals surface area (Å²) in [6, 6.07) is 0. The Labute approximate surface area is 127 Å². The average Bonchev–Trinajstić information content (AvgIpc) is 2.86. The Kier molecular flexibility index (Phi) is 5.78. The second-order valence-corrected chi connectivity index (χ2v) is 7.77. The molecule has 0 aliphatic carbocycles. The van der Waals surface area contributed by atoms with Gasteiger partial charge in [-0.15, -0.1) is 0 Å². The van der Waals surface area contributed by atoms with Crippen LogP contribution in [0, 0.1) is 5.92 Å². The third kappa shape index (κ3) is 5.09. The molecule has 1 fully saturated rings. The molecule has 1 N–H and O–H groups in total. The number of aryl methyl sites for hydroxylation is 1. The molecular formula is C14H26N4O2S. The standard InChI is InChI=1S/C14H26N4O2S/c1-13-6-5-9-18(11-13)8-4-3-7-16-21(19,20)14-10-15-17(2)12-14/h10,12-13,16H,3-9,11H2,1-2H3/t13-/m0/s1. The predicted octanol–water partition coefficient (Wildman–Crippen LogP) is 1.21. The van der Waals surface area contributed by atoms with Crippen LogP contribution in [0.3, 0.4) is 0 Å². The van der Waals surface area contributed by atoms with E-state index in [1.165, 1.54) is 43.0 Å². The highest BCUT2D eigenvalue weighted by Gasteiger charge is 2.17. The van der Waals surface area contributed by atoms with Crippen LogP contribution in [0.5, 0.6) is 0 Å². The minimum atomic E-state index is -3.40. The highest BCUT2D eigenvalue weighted by Crippen LogP contribution is 2.15. The molecule has 21 heavy (non-hydrogen) atoms. The number of nitrogens with one attached hydrogen (secondary N) is 1. The first-order chi connectivity index (χ1) is 9.97. The van der Waals surface area contributed by atoms with Crippen molar-refractivity contribution >= 4 is 10.0 Å². The Bertz CT molecular complexity index is 541. The molecule has 0 saturated carbocycles. The Morgan fingerprint density at radius 2 is 2.24 bits per heavy atom. The molecule has 0 radical (unpaired) electrons. The molecule has 1 aliphatic heterocycles. The highest BCUT2D eigenvalue weighted by molar-refractivity contribution is 7.89. The van der Waals surface area contributed by atoms with Crippen LogP contribution in [-0.4, -0.2) is 49.3 Å². The van der Waals surface area contributed by atoms with Gasteiger partial charge < -0.3 is 4.90 Å². The fraction of sp³-hybridized carbons (Fsp3) is 0.786. The van der Waals surface area contributed by atoms with Gasteiger partial charge >= 0.3 is 0 Å². The van der Waals surface area contributed by atoms with Crippen molar-refractivity contribution in [2.75, 3.05) is 26.2 Å². The van der Waals surface area contributed by atoms with Gasteiger partial charge in [0.05, 0.1) is 6.20 Å². The maximum absolute atomic E-state index is 12.0. The van der Waals surface area contributed by atoms with E-state index in [0.717, 1.165) is 25.3 Å². The van der Waals surface area contributed by atoms with E-state index in [-0.39, 0.29) is 4.90 Å². The van der Waals surface area contributed by atoms with Gasteiger partial charge in [0, 0.05) is 26.3 Å². The van der Waals surface area contributed by atoms with Crippen molar-refractivity contribution in [2.45, 2.75) is 37.5 Å². The number of hydrogen-bond acceptors (Lipinski definition) is 4. The zero-order valence-electron chi connectivity index (χ0n) is 13.0. The maximum Gasteiger partial charge on any atom is 0.243 e. The maximum atomic E-state index is 12.0. The van der Waals surface area contributed by atoms with Gasteiger partial charge in [0.15, 0.2) is 0 Å². The Morgan fingerprint density at radius 3 is 2.90 bits per heavy atom. The first-order valence-corrected chi connectivity index (χ1v) is 9.16. The van der Waals surface area contributed by atoms with Gasteiger partial charge in [-0.05, 0) is 44.7 Å². The van der Waals surface area contributed by atoms with E-state index in [0.29, 0.717) is 6.54 Å². The number of nitrogens with zero attached hydrogens (tertiary/aromatic N) is 3. The number of rotatable bonds is 7. The summed E-state index contributed by atoms with van der Waals surface area (Å²) in [6.07, 6.45) is 7.40. The molecule has 1 atom stereocenters. The quantitative estimate of drug-likeness (QED) is 0.768. The molecule has 2 heterocycles. The first kappa shape index (κ1) is 16.5. The van der Waals surface area contributed by atoms with Crippen LogP contribution in [0.1, 0.15) is 32.6 Å². The van der Waals surface area contributed by atoms with Crippen molar-refractivity contribution in [3.63, 3.8) is 0 Å². The van der Waals surface area contributed by atoms with E-state index in [4.69, 9.17) is 0 Å². The topological polar surface area (TPSA) is 67.2 Å². The van der Waals surface area contributed by atoms with Gasteiger partial charge in [-0.3, -0.25) is 4.68 Å². The largest absolute Gasteiger partial charge is 0.303 e. The van der Waals surface area contributed by atoms with Crippen molar-refractivity contribution < 1.29 is 8.42 Å². The van der Waals surface area contributed by atoms with Crippen molar-refractivity contribution in [2.24, 2.45) is 13.0 Å². The highest BCUT2D eigenvalue weighted by atomic mass is 32.2. The van der Waals surface area contributed by atoms with Crippen LogP contribution < -0.4 is 4.72 Å². The average molecular weight is 314 g/mol. The van der Waals surface area contributed by atoms with Crippen LogP contribution in [-0.2, 0) is 17.1 Å². The van der Waals surface area contributed by atoms with Gasteiger partial charge in [0.1, 0.15) is 4.90 Å². The van der Waals surface area contributed by atoms with Crippen molar-refractivity contribution in [3.05, 3.63) is 12.4 Å². The molecule has 1 aromatic heterocycles. The summed E-state index contributed by atoms with van der Waals surface area (Å²) >= 11 is 0. The number of likely N-dealkylation sites (tertiary alicyclic amines) is 1. The summed E-state index contributed by atoms with van der Waals surface area (Å²) in [6.45, 7) is 6.22. The van der Waals surface area contributed by atoms with Crippen LogP contribution in [0.4, 0.5) is 0 Å². The van der Waals surface area contributed by atoms with E-state index in [9.17, 15) is 8.42 Å². The fourth-order valence-corrected chi connectivity index (χ4v) is 3.83. The molecule has 0 bridgehead atoms. The molecule has 1 aromatic rings. The normalized spacial score (nSPS) is 20.8. The summed E-state index contributed by atoms with van der Waals surface area (Å²) in [7, 11) is -1.69. The van der Waals surface area contributed by atoms with E-state index in [1.54, 1.807) is 7.05 Å². The number of piperidine rings is 1. The number of hydrogen-bond donors (Lipinski definition) is 1. The molecule has 120 valence electrons. The lowest BCUT2D eigenvalue weighted by Gasteiger charge is -2.30. The zero-order chi connectivity index (χ0) is 15.3. The van der Waals surface area contributed by atoms with Crippen LogP contribution >= 0.6 is 0 Å². The van der Waals surface area contributed by atoms with Crippen molar-refractivity contribution in [1.29, 1.82) is 0 Å². The molecular weight excluding hydrogens is 288 g/mol. The van der Waals surface area contributed by atoms with Gasteiger partial charge in [-0.25, -0.2) is 13.1 Å². The lowest BCUT2D eigenvalue weighted by molar-refractivity contribution is 0.181. The summed E-state index contributed by atoms with van der Waals surface area (Å²) in [5, 5.41) is 3.89. The SMILES string of the molecule is C[C@H]1CCCN(CCCCNS(=O)(=O)c2cnn(C)c2)C1. The minimum Gasteiger partial charge on any atom is -0.303 e. The summed E-state index contributed by atoms with van der Waals surface area (Å²) < 4.78 is 28.1. The number of sulfonamides is 1. The number of unbranched alkanes of at least 4 members (excludes halogenated alkanes) is 1. The lowest BCUT2D eigenvalue weighted by atomic mass is 10.0. The van der Waals surface area contributed by atoms with E-state index < -0.39 is 10.0 Å². The molecule has 0 spiro atoms. The minimum absolute atomic E-state index is 0.231. The summed E-state index contributed by atoms with van der Waals surface area (Å²) in [4.78, 5) is 2.72. The lowest BCUT2D eigenvalue weighted by Crippen LogP contribution is -2.35. The van der Waals surface area contributed by atoms with Crippen LogP contribution in [0.2, 0.25) is 0 Å². The second kappa shape index (κ2) is 7.38. The number of aromatic nitrogens is 2. The van der Waals surface area contributed by atoms with Crippen LogP contribution in [0.15, 0.2) is 17.3 Å². The third-order valence-corrected chi connectivity index (χ3v) is 5.34. The van der Waals surface area contributed by atoms with E-state index >= 15 is 0 Å². The van der Waals surface area contributed by atoms with E-state index in [2.05, 4.69) is 21.6 Å². The second-order valence-electron chi connectivity index (χ2n) is 6.00. The first-order valence-electron chi connectivity index (χ1n) is 7.68. The third-order valence-electron chi connectivity index (χ3n) is 3.93. The molecule has 0 aromatic carbocycles. The van der Waals surface area contributed by atoms with Gasteiger partial charge in [0.2, 0.25) is 10.0 Å². The Hall–Kier alpha value is -0.920. The molecule has 6 nitrogen and oxygen atoms in total. The smallest absolute Gasteiger partial charge is 0.243 e. The molecule has 7 heteroatoms. The molecule has 1 aliphatic rings. The Morgan fingerprint density at radius 1 is 1.43 bits per heavy atom. The van der Waals surface area contributed by atoms with Gasteiger partial charge in [-0.2, -0.15) is 5.10 Å². The Balaban J connectivity index is 1.65. The monoisotopic (exact) mass is 314 g/mol. The predicted molar refractivity (Wildman–Crippen MR) is 82.5 cm³/mol. The zero-order valence-corrected chi connectivity index (χ0v) is 13.8. The fourth-order valence-electron chi connectivity index (χ4n) is 2.78. The van der Waals surface area contributed by atoms with Crippen molar-refractivity contribution in [3.8, 4) is 0 Å². The van der Waals surface area contributed by atoms with Gasteiger partial charge in [0.25, 0.3) is 0 Å². The summed E-state index contributed by atoms with van der Waals surface area (Å²) in [5.74, 6) is 0.794. The van der Waals surface area contributed by atoms with E-state index in [1.807, 2.05) is 0 Å². The summed E-state index contributed by atoms with van der Waals surface area (Å²) in [5.41, 5.74) is 0. The van der Waals surface area contributed by atoms with Gasteiger partial charge in [-0.1, -0.05) is 6.92 Å². The van der Waals surface area contributed by atoms with Crippen molar-refractivity contribution in [1.82, 2.24) is 19.4 Å². The molecule has 0 amide bonds. The molecule has 0 unspecified atom stereocenters. The van der Waals surface area contributed by atoms with Crippen LogP contribution in [0.25, 0.3) is 0 Å². The molecule has 2 rings (SSSR count).